The molecule has 11 nitrogen and oxygen atoms in total. The molecule has 0 saturated heterocycles. The molecule has 7 aromatic rings. The van der Waals surface area contributed by atoms with Gasteiger partial charge < -0.3 is 31.5 Å². The molecular formula is C46H40N6O5. The van der Waals surface area contributed by atoms with Crippen LogP contribution in [0.1, 0.15) is 66.9 Å². The Morgan fingerprint density at radius 1 is 0.526 bits per heavy atom. The largest absolute Gasteiger partial charge is 0.507 e. The molecule has 5 heterocycles. The second kappa shape index (κ2) is 15.3. The Kier molecular flexibility index (Phi) is 9.93. The van der Waals surface area contributed by atoms with Crippen LogP contribution in [-0.2, 0) is 36.8 Å². The molecule has 4 aromatic heterocycles. The number of hydrogen-bond acceptors (Lipinski definition) is 10. The molecule has 1 aliphatic rings. The average molecular weight is 757 g/mol. The molecule has 0 spiro atoms. The smallest absolute Gasteiger partial charge is 0.335 e. The van der Waals surface area contributed by atoms with Crippen molar-refractivity contribution in [3.63, 3.8) is 0 Å². The predicted molar refractivity (Wildman–Crippen MR) is 214 cm³/mol. The van der Waals surface area contributed by atoms with Crippen molar-refractivity contribution in [2.24, 2.45) is 11.5 Å². The van der Waals surface area contributed by atoms with Crippen LogP contribution in [0.25, 0.3) is 0 Å². The lowest BCUT2D eigenvalue weighted by Gasteiger charge is -2.39. The molecule has 284 valence electrons. The Bertz CT molecular complexity index is 2310. The highest BCUT2D eigenvalue weighted by atomic mass is 16.5. The average Bonchev–Trinajstić information content (AvgIpc) is 3.21. The molecule has 57 heavy (non-hydrogen) atoms. The number of phenols is 2. The van der Waals surface area contributed by atoms with Crippen molar-refractivity contribution in [2.45, 2.75) is 42.7 Å². The number of ether oxygens (including phenoxy) is 1. The molecule has 0 unspecified atom stereocenters. The number of aromatic hydroxyl groups is 2. The minimum atomic E-state index is -1.37. The normalized spacial score (nSPS) is 12.7. The van der Waals surface area contributed by atoms with Crippen LogP contribution in [0.5, 0.6) is 23.0 Å². The number of nitrogens with zero attached hydrogens (tertiary/aromatic N) is 4. The Hall–Kier alpha value is -6.95. The van der Waals surface area contributed by atoms with Crippen LogP contribution in [0, 0.1) is 0 Å². The summed E-state index contributed by atoms with van der Waals surface area (Å²) in [6, 6.07) is 35.6. The number of carboxylic acids is 1. The molecule has 1 aliphatic heterocycles. The van der Waals surface area contributed by atoms with Crippen molar-refractivity contribution in [1.82, 2.24) is 19.9 Å². The fourth-order valence-corrected chi connectivity index (χ4v) is 8.14. The van der Waals surface area contributed by atoms with E-state index in [9.17, 15) is 20.1 Å². The first-order valence-corrected chi connectivity index (χ1v) is 18.5. The summed E-state index contributed by atoms with van der Waals surface area (Å²) in [7, 11) is 0. The van der Waals surface area contributed by atoms with E-state index in [-0.39, 0.29) is 65.4 Å². The number of phenolic OH excluding ortho intramolecular Hbond substituents is 2. The molecule has 7 N–H and O–H groups in total. The molecule has 0 fully saturated rings. The van der Waals surface area contributed by atoms with E-state index in [4.69, 9.17) is 16.2 Å². The quantitative estimate of drug-likeness (QED) is 0.0868. The van der Waals surface area contributed by atoms with Crippen LogP contribution >= 0.6 is 0 Å². The monoisotopic (exact) mass is 756 g/mol. The fraction of sp³-hybridized carbons (Fsp3) is 0.152. The van der Waals surface area contributed by atoms with Crippen LogP contribution in [-0.4, -0.2) is 41.2 Å². The minimum Gasteiger partial charge on any atom is -0.507 e. The summed E-state index contributed by atoms with van der Waals surface area (Å²) in [6.07, 6.45) is 7.43. The molecule has 0 amide bonds. The first kappa shape index (κ1) is 37.0. The standard InChI is InChI=1S/C46H40N6O5/c47-45(25-29-11-3-7-21-49-29,26-30-12-4-8-22-50-30)40-37(53)19-17-35-39(33-15-1-2-16-34(33)44(55)56)36-18-20-38(54)41(43(36)57-42(35)40)46(48,27-31-13-5-9-23-51-31)28-32-14-6-10-24-52-32/h1-24,39,53-54H,25-28,47-48H2,(H,55,56). The summed E-state index contributed by atoms with van der Waals surface area (Å²) >= 11 is 0. The number of aromatic carboxylic acids is 1. The zero-order valence-electron chi connectivity index (χ0n) is 30.9. The topological polar surface area (TPSA) is 191 Å². The second-order valence-electron chi connectivity index (χ2n) is 14.5. The Balaban J connectivity index is 1.41. The summed E-state index contributed by atoms with van der Waals surface area (Å²) in [6.45, 7) is 0. The van der Waals surface area contributed by atoms with Crippen molar-refractivity contribution in [3.8, 4) is 23.0 Å². The van der Waals surface area contributed by atoms with E-state index >= 15 is 0 Å². The van der Waals surface area contributed by atoms with E-state index in [1.165, 1.54) is 0 Å². The number of aromatic nitrogens is 4. The van der Waals surface area contributed by atoms with Gasteiger partial charge in [0.25, 0.3) is 0 Å². The lowest BCUT2D eigenvalue weighted by atomic mass is 9.73. The SMILES string of the molecule is NC(Cc1ccccn1)(Cc1ccccn1)c1c(O)ccc2c1Oc1c(ccc(O)c1C(N)(Cc1ccccn1)Cc1ccccn1)C2c1ccccc1C(=O)O. The maximum atomic E-state index is 12.9. The molecule has 8 rings (SSSR count). The highest BCUT2D eigenvalue weighted by Gasteiger charge is 2.44. The summed E-state index contributed by atoms with van der Waals surface area (Å²) < 4.78 is 7.09. The second-order valence-corrected chi connectivity index (χ2v) is 14.5. The van der Waals surface area contributed by atoms with Crippen molar-refractivity contribution >= 4 is 5.97 Å². The van der Waals surface area contributed by atoms with Crippen LogP contribution < -0.4 is 16.2 Å². The third-order valence-corrected chi connectivity index (χ3v) is 10.5. The summed E-state index contributed by atoms with van der Waals surface area (Å²) in [5, 5.41) is 34.5. The van der Waals surface area contributed by atoms with Crippen LogP contribution in [0.2, 0.25) is 0 Å². The van der Waals surface area contributed by atoms with Gasteiger partial charge in [-0.3, -0.25) is 19.9 Å². The third kappa shape index (κ3) is 7.29. The molecular weight excluding hydrogens is 717 g/mol. The van der Waals surface area contributed by atoms with Gasteiger partial charge in [0, 0.05) is 90.3 Å². The van der Waals surface area contributed by atoms with Gasteiger partial charge in [0.05, 0.1) is 27.8 Å². The first-order valence-electron chi connectivity index (χ1n) is 18.5. The van der Waals surface area contributed by atoms with Crippen molar-refractivity contribution in [1.29, 1.82) is 0 Å². The van der Waals surface area contributed by atoms with Crippen LogP contribution in [0.15, 0.2) is 146 Å². The third-order valence-electron chi connectivity index (χ3n) is 10.5. The predicted octanol–water partition coefficient (Wildman–Crippen LogP) is 6.94. The molecule has 0 atom stereocenters. The molecule has 11 heteroatoms. The van der Waals surface area contributed by atoms with E-state index < -0.39 is 23.0 Å². The number of hydrogen-bond donors (Lipinski definition) is 5. The number of pyridine rings is 4. The summed E-state index contributed by atoms with van der Waals surface area (Å²) in [5.41, 5.74) is 17.2. The van der Waals surface area contributed by atoms with Gasteiger partial charge in [-0.25, -0.2) is 4.79 Å². The maximum Gasteiger partial charge on any atom is 0.335 e. The van der Waals surface area contributed by atoms with E-state index in [1.807, 2.05) is 72.8 Å². The van der Waals surface area contributed by atoms with Gasteiger partial charge in [-0.1, -0.05) is 54.6 Å². The molecule has 0 bridgehead atoms. The maximum absolute atomic E-state index is 12.9. The number of carbonyl (C=O) groups is 1. The van der Waals surface area contributed by atoms with Crippen molar-refractivity contribution in [3.05, 3.63) is 202 Å². The van der Waals surface area contributed by atoms with Gasteiger partial charge in [-0.15, -0.1) is 0 Å². The summed E-state index contributed by atoms with van der Waals surface area (Å²) in [4.78, 5) is 31.2. The highest BCUT2D eigenvalue weighted by molar-refractivity contribution is 5.90. The minimum absolute atomic E-state index is 0.0764. The fourth-order valence-electron chi connectivity index (χ4n) is 8.14. The molecule has 3 aromatic carbocycles. The van der Waals surface area contributed by atoms with Gasteiger partial charge >= 0.3 is 5.97 Å². The lowest BCUT2D eigenvalue weighted by Crippen LogP contribution is -2.43. The number of rotatable bonds is 12. The van der Waals surface area contributed by atoms with E-state index in [1.54, 1.807) is 73.3 Å². The number of nitrogens with two attached hydrogens (primary N) is 2. The zero-order chi connectivity index (χ0) is 39.6. The number of benzene rings is 3. The van der Waals surface area contributed by atoms with E-state index in [0.29, 0.717) is 39.5 Å². The molecule has 0 aliphatic carbocycles. The number of fused-ring (bicyclic) bond motifs is 2. The summed E-state index contributed by atoms with van der Waals surface area (Å²) in [5.74, 6) is -1.73. The Morgan fingerprint density at radius 3 is 1.25 bits per heavy atom. The molecule has 0 radical (unpaired) electrons. The van der Waals surface area contributed by atoms with Crippen molar-refractivity contribution in [2.75, 3.05) is 0 Å². The first-order chi connectivity index (χ1) is 27.6. The van der Waals surface area contributed by atoms with E-state index in [2.05, 4.69) is 19.9 Å². The highest BCUT2D eigenvalue weighted by Crippen LogP contribution is 2.57. The van der Waals surface area contributed by atoms with Gasteiger partial charge in [0.1, 0.15) is 23.0 Å². The zero-order valence-corrected chi connectivity index (χ0v) is 30.9. The van der Waals surface area contributed by atoms with Gasteiger partial charge in [0.15, 0.2) is 0 Å². The van der Waals surface area contributed by atoms with Crippen LogP contribution in [0.4, 0.5) is 0 Å². The number of carboxylic acid groups (broad SMARTS) is 1. The van der Waals surface area contributed by atoms with Crippen molar-refractivity contribution < 1.29 is 24.9 Å². The van der Waals surface area contributed by atoms with Gasteiger partial charge in [-0.05, 0) is 72.3 Å². The van der Waals surface area contributed by atoms with Gasteiger partial charge in [0.2, 0.25) is 0 Å². The Labute approximate surface area is 329 Å². The lowest BCUT2D eigenvalue weighted by molar-refractivity contribution is 0.0695. The van der Waals surface area contributed by atoms with Gasteiger partial charge in [-0.2, -0.15) is 0 Å². The van der Waals surface area contributed by atoms with Crippen LogP contribution in [0.3, 0.4) is 0 Å². The van der Waals surface area contributed by atoms with E-state index in [0.717, 1.165) is 0 Å². The Morgan fingerprint density at radius 2 is 0.895 bits per heavy atom. The molecule has 0 saturated carbocycles.